The van der Waals surface area contributed by atoms with Crippen molar-refractivity contribution in [2.75, 3.05) is 23.7 Å². The van der Waals surface area contributed by atoms with E-state index in [1.54, 1.807) is 0 Å². The minimum absolute atomic E-state index is 0.605. The summed E-state index contributed by atoms with van der Waals surface area (Å²) in [5.74, 6) is 0.799. The van der Waals surface area contributed by atoms with Crippen molar-refractivity contribution in [3.8, 4) is 0 Å². The summed E-state index contributed by atoms with van der Waals surface area (Å²) in [5, 5.41) is 9.88. The van der Waals surface area contributed by atoms with Gasteiger partial charge in [0.05, 0.1) is 11.3 Å². The number of rotatable bonds is 1. The summed E-state index contributed by atoms with van der Waals surface area (Å²) in [7, 11) is 0. The van der Waals surface area contributed by atoms with Crippen LogP contribution in [0.1, 0.15) is 19.0 Å². The lowest BCUT2D eigenvalue weighted by molar-refractivity contribution is 0.0839. The first-order chi connectivity index (χ1) is 6.98. The molecule has 1 aliphatic heterocycles. The highest BCUT2D eigenvalue weighted by Crippen LogP contribution is 2.28. The molecule has 0 bridgehead atoms. The molecule has 82 valence electrons. The Hall–Kier alpha value is -1.29. The van der Waals surface area contributed by atoms with Crippen LogP contribution >= 0.6 is 0 Å². The molecular weight excluding hydrogens is 190 g/mol. The van der Waals surface area contributed by atoms with Crippen LogP contribution in [-0.4, -0.2) is 28.8 Å². The number of anilines is 2. The molecule has 4 heteroatoms. The van der Waals surface area contributed by atoms with E-state index in [-0.39, 0.29) is 0 Å². The number of hydrogen-bond acceptors (Lipinski definition) is 4. The molecule has 4 nitrogen and oxygen atoms in total. The van der Waals surface area contributed by atoms with Gasteiger partial charge in [-0.2, -0.15) is 0 Å². The van der Waals surface area contributed by atoms with Crippen LogP contribution < -0.4 is 10.6 Å². The molecule has 0 spiro atoms. The zero-order chi connectivity index (χ0) is 11.1. The number of nitrogens with two attached hydrogens (primary N) is 1. The zero-order valence-electron chi connectivity index (χ0n) is 9.20. The van der Waals surface area contributed by atoms with Crippen molar-refractivity contribution in [1.29, 1.82) is 0 Å². The molecule has 2 heterocycles. The number of hydrogen-bond donors (Lipinski definition) is 2. The number of aryl methyl sites for hydroxylation is 1. The molecule has 0 amide bonds. The number of pyridine rings is 1. The van der Waals surface area contributed by atoms with Gasteiger partial charge in [-0.15, -0.1) is 0 Å². The Morgan fingerprint density at radius 2 is 2.27 bits per heavy atom. The van der Waals surface area contributed by atoms with Crippen molar-refractivity contribution in [2.45, 2.75) is 25.9 Å². The lowest BCUT2D eigenvalue weighted by atomic mass is 10.1. The second kappa shape index (κ2) is 3.38. The maximum Gasteiger partial charge on any atom is 0.152 e. The molecule has 1 unspecified atom stereocenters. The van der Waals surface area contributed by atoms with E-state index >= 15 is 0 Å². The van der Waals surface area contributed by atoms with Gasteiger partial charge in [0.15, 0.2) is 5.82 Å². The summed E-state index contributed by atoms with van der Waals surface area (Å²) < 4.78 is 0. The largest absolute Gasteiger partial charge is 0.396 e. The molecule has 0 aliphatic carbocycles. The molecule has 1 aliphatic rings. The molecular formula is C11H17N3O. The summed E-state index contributed by atoms with van der Waals surface area (Å²) in [6, 6.07) is 3.76. The van der Waals surface area contributed by atoms with E-state index in [0.29, 0.717) is 12.2 Å². The fraction of sp³-hybridized carbons (Fsp3) is 0.545. The summed E-state index contributed by atoms with van der Waals surface area (Å²) in [6.45, 7) is 5.21. The first-order valence-electron chi connectivity index (χ1n) is 5.18. The highest BCUT2D eigenvalue weighted by molar-refractivity contribution is 5.63. The molecule has 1 atom stereocenters. The fourth-order valence-corrected chi connectivity index (χ4v) is 1.93. The molecule has 2 rings (SSSR count). The van der Waals surface area contributed by atoms with Gasteiger partial charge in [0.25, 0.3) is 0 Å². The van der Waals surface area contributed by atoms with Gasteiger partial charge in [0.1, 0.15) is 0 Å². The quantitative estimate of drug-likeness (QED) is 0.719. The second-order valence-corrected chi connectivity index (χ2v) is 4.53. The van der Waals surface area contributed by atoms with Crippen molar-refractivity contribution < 1.29 is 5.11 Å². The van der Waals surface area contributed by atoms with E-state index in [0.717, 1.165) is 24.5 Å². The summed E-state index contributed by atoms with van der Waals surface area (Å²) in [5.41, 5.74) is 6.89. The first-order valence-corrected chi connectivity index (χ1v) is 5.18. The standard InChI is InChI=1S/C11H17N3O/c1-8-3-4-9(12)10(13-8)14-6-5-11(2,15)7-14/h3-4,15H,5-7,12H2,1-2H3. The third kappa shape index (κ3) is 2.04. The average molecular weight is 207 g/mol. The highest BCUT2D eigenvalue weighted by atomic mass is 16.3. The van der Waals surface area contributed by atoms with Crippen LogP contribution in [-0.2, 0) is 0 Å². The Bertz CT molecular complexity index is 376. The monoisotopic (exact) mass is 207 g/mol. The van der Waals surface area contributed by atoms with Crippen molar-refractivity contribution in [3.63, 3.8) is 0 Å². The van der Waals surface area contributed by atoms with E-state index in [2.05, 4.69) is 4.98 Å². The number of aromatic nitrogens is 1. The number of nitrogens with zero attached hydrogens (tertiary/aromatic N) is 2. The fourth-order valence-electron chi connectivity index (χ4n) is 1.93. The van der Waals surface area contributed by atoms with Crippen molar-refractivity contribution in [2.24, 2.45) is 0 Å². The lowest BCUT2D eigenvalue weighted by Gasteiger charge is -2.21. The Morgan fingerprint density at radius 1 is 1.53 bits per heavy atom. The molecule has 1 saturated heterocycles. The van der Waals surface area contributed by atoms with Crippen molar-refractivity contribution in [1.82, 2.24) is 4.98 Å². The van der Waals surface area contributed by atoms with E-state index in [9.17, 15) is 5.11 Å². The minimum atomic E-state index is -0.613. The molecule has 0 radical (unpaired) electrons. The van der Waals surface area contributed by atoms with Crippen LogP contribution in [0.2, 0.25) is 0 Å². The molecule has 0 aromatic carbocycles. The van der Waals surface area contributed by atoms with Crippen LogP contribution in [0, 0.1) is 6.92 Å². The van der Waals surface area contributed by atoms with Gasteiger partial charge >= 0.3 is 0 Å². The molecule has 3 N–H and O–H groups in total. The Morgan fingerprint density at radius 3 is 2.87 bits per heavy atom. The highest BCUT2D eigenvalue weighted by Gasteiger charge is 2.32. The summed E-state index contributed by atoms with van der Waals surface area (Å²) >= 11 is 0. The van der Waals surface area contributed by atoms with Gasteiger partial charge in [-0.05, 0) is 32.4 Å². The van der Waals surface area contributed by atoms with Crippen molar-refractivity contribution in [3.05, 3.63) is 17.8 Å². The van der Waals surface area contributed by atoms with Gasteiger partial charge in [-0.1, -0.05) is 0 Å². The molecule has 15 heavy (non-hydrogen) atoms. The van der Waals surface area contributed by atoms with Crippen LogP contribution in [0.15, 0.2) is 12.1 Å². The Labute approximate surface area is 89.7 Å². The zero-order valence-corrected chi connectivity index (χ0v) is 9.20. The first kappa shape index (κ1) is 10.2. The molecule has 1 aromatic rings. The smallest absolute Gasteiger partial charge is 0.152 e. The summed E-state index contributed by atoms with van der Waals surface area (Å²) in [6.07, 6.45) is 0.766. The third-order valence-corrected chi connectivity index (χ3v) is 2.80. The minimum Gasteiger partial charge on any atom is -0.396 e. The maximum atomic E-state index is 9.88. The third-order valence-electron chi connectivity index (χ3n) is 2.80. The molecule has 0 saturated carbocycles. The van der Waals surface area contributed by atoms with Gasteiger partial charge in [0.2, 0.25) is 0 Å². The van der Waals surface area contributed by atoms with E-state index in [1.165, 1.54) is 0 Å². The average Bonchev–Trinajstić information content (AvgIpc) is 2.50. The van der Waals surface area contributed by atoms with E-state index in [1.807, 2.05) is 30.9 Å². The second-order valence-electron chi connectivity index (χ2n) is 4.53. The number of aliphatic hydroxyl groups is 1. The molecule has 1 aromatic heterocycles. The van der Waals surface area contributed by atoms with Gasteiger partial charge < -0.3 is 15.7 Å². The normalized spacial score (nSPS) is 25.9. The van der Waals surface area contributed by atoms with Crippen molar-refractivity contribution >= 4 is 11.5 Å². The predicted octanol–water partition coefficient (Wildman–Crippen LogP) is 0.933. The molecule has 1 fully saturated rings. The lowest BCUT2D eigenvalue weighted by Crippen LogP contribution is -2.30. The SMILES string of the molecule is Cc1ccc(N)c(N2CCC(C)(O)C2)n1. The number of nitrogen functional groups attached to an aromatic ring is 1. The topological polar surface area (TPSA) is 62.4 Å². The van der Waals surface area contributed by atoms with E-state index < -0.39 is 5.60 Å². The van der Waals surface area contributed by atoms with Gasteiger partial charge in [0, 0.05) is 18.8 Å². The van der Waals surface area contributed by atoms with Crippen LogP contribution in [0.5, 0.6) is 0 Å². The van der Waals surface area contributed by atoms with Crippen LogP contribution in [0.3, 0.4) is 0 Å². The maximum absolute atomic E-state index is 9.88. The predicted molar refractivity (Wildman–Crippen MR) is 60.8 cm³/mol. The summed E-state index contributed by atoms with van der Waals surface area (Å²) in [4.78, 5) is 6.45. The number of β-amino-alcohol motifs (C(OH)–C–C–N with tert-alkyl or cyclic N) is 1. The van der Waals surface area contributed by atoms with E-state index in [4.69, 9.17) is 5.73 Å². The van der Waals surface area contributed by atoms with Crippen LogP contribution in [0.25, 0.3) is 0 Å². The Balaban J connectivity index is 2.27. The Kier molecular flexibility index (Phi) is 2.31. The van der Waals surface area contributed by atoms with Gasteiger partial charge in [-0.3, -0.25) is 0 Å². The van der Waals surface area contributed by atoms with Crippen LogP contribution in [0.4, 0.5) is 11.5 Å². The van der Waals surface area contributed by atoms with Gasteiger partial charge in [-0.25, -0.2) is 4.98 Å².